The molecule has 2 aliphatic rings. The molecule has 1 atom stereocenters. The Kier molecular flexibility index (Phi) is 4.75. The lowest BCUT2D eigenvalue weighted by atomic mass is 9.91. The number of halogens is 6. The number of carbonyl (C=O) groups excluding carboxylic acids is 1. The van der Waals surface area contributed by atoms with E-state index in [-0.39, 0.29) is 19.2 Å². The molecule has 0 unspecified atom stereocenters. The highest BCUT2D eigenvalue weighted by atomic mass is 19.4. The summed E-state index contributed by atoms with van der Waals surface area (Å²) in [7, 11) is 0. The van der Waals surface area contributed by atoms with E-state index in [0.29, 0.717) is 31.4 Å². The van der Waals surface area contributed by atoms with Crippen molar-refractivity contribution >= 4 is 17.7 Å². The van der Waals surface area contributed by atoms with Gasteiger partial charge in [0.1, 0.15) is 0 Å². The first kappa shape index (κ1) is 20.3. The van der Waals surface area contributed by atoms with Crippen LogP contribution in [0.15, 0.2) is 18.2 Å². The minimum absolute atomic E-state index is 0.00407. The third kappa shape index (κ3) is 4.02. The fraction of sp³-hybridized carbons (Fsp3) is 0.529. The maximum atomic E-state index is 12.9. The van der Waals surface area contributed by atoms with Crippen LogP contribution in [-0.2, 0) is 17.1 Å². The van der Waals surface area contributed by atoms with Gasteiger partial charge in [-0.25, -0.2) is 4.79 Å². The molecule has 3 rings (SSSR count). The fourth-order valence-corrected chi connectivity index (χ4v) is 3.67. The zero-order chi connectivity index (χ0) is 20.9. The molecule has 11 heteroatoms. The highest BCUT2D eigenvalue weighted by Crippen LogP contribution is 2.59. The monoisotopic (exact) mass is 410 g/mol. The normalized spacial score (nSPS) is 21.5. The molecule has 0 radical (unpaired) electrons. The van der Waals surface area contributed by atoms with E-state index in [1.165, 1.54) is 4.90 Å². The molecule has 2 fully saturated rings. The summed E-state index contributed by atoms with van der Waals surface area (Å²) in [6, 6.07) is 0.931. The third-order valence-electron chi connectivity index (χ3n) is 5.39. The number of amides is 2. The van der Waals surface area contributed by atoms with Gasteiger partial charge in [-0.15, -0.1) is 0 Å². The zero-order valence-corrected chi connectivity index (χ0v) is 14.3. The summed E-state index contributed by atoms with van der Waals surface area (Å²) in [4.78, 5) is 24.5. The van der Waals surface area contributed by atoms with Crippen molar-refractivity contribution in [1.29, 1.82) is 0 Å². The van der Waals surface area contributed by atoms with Gasteiger partial charge < -0.3 is 15.3 Å². The lowest BCUT2D eigenvalue weighted by Gasteiger charge is -2.30. The number of hydrogen-bond acceptors (Lipinski definition) is 2. The van der Waals surface area contributed by atoms with Crippen LogP contribution in [0.4, 0.5) is 36.8 Å². The van der Waals surface area contributed by atoms with Gasteiger partial charge in [0.2, 0.25) is 5.91 Å². The molecule has 1 aromatic rings. The molecular formula is C17H16F6N2O3. The second kappa shape index (κ2) is 6.56. The average molecular weight is 410 g/mol. The lowest BCUT2D eigenvalue weighted by Crippen LogP contribution is -2.39. The van der Waals surface area contributed by atoms with Crippen LogP contribution in [0.2, 0.25) is 0 Å². The van der Waals surface area contributed by atoms with Crippen LogP contribution in [0.25, 0.3) is 0 Å². The Morgan fingerprint density at radius 1 is 1.00 bits per heavy atom. The first-order valence-electron chi connectivity index (χ1n) is 8.40. The van der Waals surface area contributed by atoms with Crippen LogP contribution in [0, 0.1) is 11.3 Å². The number of likely N-dealkylation sites (tertiary alicyclic amines) is 1. The van der Waals surface area contributed by atoms with E-state index in [4.69, 9.17) is 5.11 Å². The third-order valence-corrected chi connectivity index (χ3v) is 5.39. The number of carboxylic acid groups (broad SMARTS) is 1. The zero-order valence-electron chi connectivity index (χ0n) is 14.3. The molecule has 1 aliphatic carbocycles. The first-order chi connectivity index (χ1) is 12.8. The topological polar surface area (TPSA) is 69.6 Å². The number of anilines is 1. The molecule has 1 aliphatic heterocycles. The summed E-state index contributed by atoms with van der Waals surface area (Å²) in [5, 5.41) is 11.1. The second-order valence-electron chi connectivity index (χ2n) is 7.17. The Morgan fingerprint density at radius 2 is 1.50 bits per heavy atom. The summed E-state index contributed by atoms with van der Waals surface area (Å²) in [6.07, 6.45) is -9.78. The standard InChI is InChI=1S/C17H16F6N2O3/c18-16(19,20)9-5-10(17(21,22)23)7-11(6-9)24-13(26)12-8-15(12)1-3-25(4-2-15)14(27)28/h5-7,12H,1-4,8H2,(H,24,26)(H,27,28)/t12-/m0/s1. The molecule has 1 saturated heterocycles. The molecule has 154 valence electrons. The van der Waals surface area contributed by atoms with Crippen LogP contribution in [0.1, 0.15) is 30.4 Å². The molecule has 0 bridgehead atoms. The molecule has 2 amide bonds. The van der Waals surface area contributed by atoms with Gasteiger partial charge in [0.25, 0.3) is 0 Å². The Bertz CT molecular complexity index is 765. The maximum Gasteiger partial charge on any atom is 0.416 e. The molecule has 1 saturated carbocycles. The summed E-state index contributed by atoms with van der Waals surface area (Å²) in [6.45, 7) is 0.474. The predicted molar refractivity (Wildman–Crippen MR) is 84.4 cm³/mol. The number of piperidine rings is 1. The molecule has 0 aromatic heterocycles. The molecule has 28 heavy (non-hydrogen) atoms. The second-order valence-corrected chi connectivity index (χ2v) is 7.17. The molecule has 1 heterocycles. The van der Waals surface area contributed by atoms with E-state index in [0.717, 1.165) is 0 Å². The smallest absolute Gasteiger partial charge is 0.416 e. The number of carbonyl (C=O) groups is 2. The number of nitrogens with one attached hydrogen (secondary N) is 1. The van der Waals surface area contributed by atoms with Crippen molar-refractivity contribution in [3.63, 3.8) is 0 Å². The summed E-state index contributed by atoms with van der Waals surface area (Å²) in [5.41, 5.74) is -4.02. The summed E-state index contributed by atoms with van der Waals surface area (Å²) < 4.78 is 77.4. The largest absolute Gasteiger partial charge is 0.465 e. The molecule has 2 N–H and O–H groups in total. The molecule has 5 nitrogen and oxygen atoms in total. The molecule has 1 spiro atoms. The van der Waals surface area contributed by atoms with Crippen molar-refractivity contribution in [3.05, 3.63) is 29.3 Å². The van der Waals surface area contributed by atoms with E-state index >= 15 is 0 Å². The van der Waals surface area contributed by atoms with Crippen LogP contribution in [0.3, 0.4) is 0 Å². The van der Waals surface area contributed by atoms with Gasteiger partial charge in [-0.3, -0.25) is 4.79 Å². The Hall–Kier alpha value is -2.46. The average Bonchev–Trinajstić information content (AvgIpc) is 3.27. The Labute approximate surface area is 155 Å². The fourth-order valence-electron chi connectivity index (χ4n) is 3.67. The number of benzene rings is 1. The van der Waals surface area contributed by atoms with Crippen LogP contribution in [0.5, 0.6) is 0 Å². The van der Waals surface area contributed by atoms with Crippen molar-refractivity contribution in [3.8, 4) is 0 Å². The van der Waals surface area contributed by atoms with Crippen LogP contribution in [-0.4, -0.2) is 35.1 Å². The van der Waals surface area contributed by atoms with Crippen molar-refractivity contribution < 1.29 is 41.0 Å². The maximum absolute atomic E-state index is 12.9. The molecular weight excluding hydrogens is 394 g/mol. The van der Waals surface area contributed by atoms with E-state index < -0.39 is 52.5 Å². The van der Waals surface area contributed by atoms with Crippen molar-refractivity contribution in [2.45, 2.75) is 31.6 Å². The van der Waals surface area contributed by atoms with Crippen molar-refractivity contribution in [2.75, 3.05) is 18.4 Å². The number of rotatable bonds is 2. The predicted octanol–water partition coefficient (Wildman–Crippen LogP) is 4.44. The number of alkyl halides is 6. The Morgan fingerprint density at radius 3 is 1.93 bits per heavy atom. The van der Waals surface area contributed by atoms with Crippen LogP contribution >= 0.6 is 0 Å². The van der Waals surface area contributed by atoms with Crippen molar-refractivity contribution in [2.24, 2.45) is 11.3 Å². The molecule has 1 aromatic carbocycles. The first-order valence-corrected chi connectivity index (χ1v) is 8.40. The van der Waals surface area contributed by atoms with Gasteiger partial charge in [0.15, 0.2) is 0 Å². The lowest BCUT2D eigenvalue weighted by molar-refractivity contribution is -0.143. The van der Waals surface area contributed by atoms with E-state index in [9.17, 15) is 35.9 Å². The van der Waals surface area contributed by atoms with E-state index in [1.54, 1.807) is 0 Å². The summed E-state index contributed by atoms with van der Waals surface area (Å²) in [5.74, 6) is -1.22. The SMILES string of the molecule is O=C(Nc1cc(C(F)(F)F)cc(C(F)(F)F)c1)[C@@H]1CC12CCN(C(=O)O)CC2. The van der Waals surface area contributed by atoms with Gasteiger partial charge in [0.05, 0.1) is 11.1 Å². The van der Waals surface area contributed by atoms with E-state index in [2.05, 4.69) is 5.32 Å². The van der Waals surface area contributed by atoms with Gasteiger partial charge in [-0.2, -0.15) is 26.3 Å². The minimum Gasteiger partial charge on any atom is -0.465 e. The van der Waals surface area contributed by atoms with Gasteiger partial charge in [-0.1, -0.05) is 0 Å². The summed E-state index contributed by atoms with van der Waals surface area (Å²) >= 11 is 0. The van der Waals surface area contributed by atoms with Gasteiger partial charge >= 0.3 is 18.4 Å². The van der Waals surface area contributed by atoms with E-state index in [1.807, 2.05) is 0 Å². The number of hydrogen-bond donors (Lipinski definition) is 2. The van der Waals surface area contributed by atoms with Crippen LogP contribution < -0.4 is 5.32 Å². The van der Waals surface area contributed by atoms with Gasteiger partial charge in [0, 0.05) is 24.7 Å². The highest BCUT2D eigenvalue weighted by Gasteiger charge is 2.58. The minimum atomic E-state index is -4.99. The van der Waals surface area contributed by atoms with Gasteiger partial charge in [-0.05, 0) is 42.9 Å². The van der Waals surface area contributed by atoms with Crippen molar-refractivity contribution in [1.82, 2.24) is 4.90 Å². The highest BCUT2D eigenvalue weighted by molar-refractivity contribution is 5.95. The number of nitrogens with zero attached hydrogens (tertiary/aromatic N) is 1. The quantitative estimate of drug-likeness (QED) is 0.709. The Balaban J connectivity index is 1.74.